The lowest BCUT2D eigenvalue weighted by Crippen LogP contribution is -2.33. The van der Waals surface area contributed by atoms with Crippen molar-refractivity contribution in [3.63, 3.8) is 0 Å². The van der Waals surface area contributed by atoms with Crippen LogP contribution in [0.1, 0.15) is 11.1 Å². The molecular weight excluding hydrogens is 420 g/mol. The van der Waals surface area contributed by atoms with Crippen LogP contribution in [0.4, 0.5) is 26.3 Å². The maximum Gasteiger partial charge on any atom is 0.416 e. The van der Waals surface area contributed by atoms with Gasteiger partial charge < -0.3 is 0 Å². The average molecular weight is 434 g/mol. The number of halogens is 6. The van der Waals surface area contributed by atoms with Crippen molar-refractivity contribution in [1.82, 2.24) is 9.90 Å². The molecule has 0 bridgehead atoms. The number of benzene rings is 3. The van der Waals surface area contributed by atoms with Crippen molar-refractivity contribution in [2.45, 2.75) is 12.4 Å². The van der Waals surface area contributed by atoms with Gasteiger partial charge in [-0.3, -0.25) is 0 Å². The molecule has 9 heteroatoms. The van der Waals surface area contributed by atoms with Crippen LogP contribution in [-0.4, -0.2) is 9.90 Å². The van der Waals surface area contributed by atoms with Crippen molar-refractivity contribution in [2.75, 3.05) is 0 Å². The van der Waals surface area contributed by atoms with Crippen LogP contribution < -0.4 is 4.68 Å². The van der Waals surface area contributed by atoms with E-state index >= 15 is 0 Å². The minimum absolute atomic E-state index is 0.123. The summed E-state index contributed by atoms with van der Waals surface area (Å²) in [6.45, 7) is 0. The summed E-state index contributed by atoms with van der Waals surface area (Å²) in [6, 6.07) is 17.9. The third kappa shape index (κ3) is 4.30. The van der Waals surface area contributed by atoms with Crippen molar-refractivity contribution in [3.05, 3.63) is 96.2 Å². The van der Waals surface area contributed by atoms with Gasteiger partial charge in [-0.15, -0.1) is 4.68 Å². The molecule has 1 aromatic heterocycles. The van der Waals surface area contributed by atoms with Gasteiger partial charge in [0.1, 0.15) is 5.21 Å². The lowest BCUT2D eigenvalue weighted by molar-refractivity contribution is -0.660. The van der Waals surface area contributed by atoms with E-state index in [1.807, 2.05) is 0 Å². The molecule has 158 valence electrons. The van der Waals surface area contributed by atoms with Gasteiger partial charge in [-0.2, -0.15) is 26.3 Å². The molecule has 3 nitrogen and oxygen atoms in total. The van der Waals surface area contributed by atoms with Gasteiger partial charge in [0.25, 0.3) is 0 Å². The lowest BCUT2D eigenvalue weighted by atomic mass is 10.1. The van der Waals surface area contributed by atoms with E-state index in [4.69, 9.17) is 0 Å². The number of rotatable bonds is 3. The van der Waals surface area contributed by atoms with Crippen LogP contribution in [0, 0.1) is 0 Å². The summed E-state index contributed by atoms with van der Waals surface area (Å²) >= 11 is 0. The van der Waals surface area contributed by atoms with E-state index in [0.717, 1.165) is 24.3 Å². The van der Waals surface area contributed by atoms with Gasteiger partial charge in [-0.05, 0) is 36.4 Å². The highest BCUT2D eigenvalue weighted by atomic mass is 19.4. The summed E-state index contributed by atoms with van der Waals surface area (Å²) < 4.78 is 81.4. The van der Waals surface area contributed by atoms with Crippen molar-refractivity contribution in [2.24, 2.45) is 0 Å². The Morgan fingerprint density at radius 2 is 1.29 bits per heavy atom. The molecule has 4 rings (SSSR count). The fraction of sp³-hybridized carbons (Fsp3) is 0.0909. The number of alkyl halides is 6. The monoisotopic (exact) mass is 434 g/mol. The van der Waals surface area contributed by atoms with Crippen LogP contribution in [0.5, 0.6) is 0 Å². The van der Waals surface area contributed by atoms with Crippen LogP contribution in [0.15, 0.2) is 85.1 Å². The van der Waals surface area contributed by atoms with Gasteiger partial charge in [-0.25, -0.2) is 0 Å². The van der Waals surface area contributed by atoms with Gasteiger partial charge in [0.15, 0.2) is 17.6 Å². The van der Waals surface area contributed by atoms with Gasteiger partial charge in [0.2, 0.25) is 5.69 Å². The molecule has 0 spiro atoms. The van der Waals surface area contributed by atoms with Crippen molar-refractivity contribution >= 4 is 0 Å². The molecule has 0 aliphatic carbocycles. The number of nitrogens with zero attached hydrogens (tertiary/aromatic N) is 3. The topological polar surface area (TPSA) is 21.7 Å². The van der Waals surface area contributed by atoms with E-state index < -0.39 is 23.5 Å². The molecule has 3 aromatic carbocycles. The van der Waals surface area contributed by atoms with E-state index in [1.54, 1.807) is 30.3 Å². The van der Waals surface area contributed by atoms with Crippen LogP contribution >= 0.6 is 0 Å². The fourth-order valence-electron chi connectivity index (χ4n) is 3.10. The highest BCUT2D eigenvalue weighted by Crippen LogP contribution is 2.32. The van der Waals surface area contributed by atoms with E-state index in [9.17, 15) is 26.3 Å². The summed E-state index contributed by atoms with van der Waals surface area (Å²) in [7, 11) is 0. The minimum atomic E-state index is -4.55. The Morgan fingerprint density at radius 3 is 1.94 bits per heavy atom. The lowest BCUT2D eigenvalue weighted by Gasteiger charge is -2.07. The number of hydrogen-bond donors (Lipinski definition) is 0. The SMILES string of the molecule is FC(F)(F)c1cccc(-n2n[n+](-c3cccc(C(F)(F)F)c3)cc2-c2ccccc2)c1. The first-order valence-corrected chi connectivity index (χ1v) is 9.06. The Balaban J connectivity index is 1.89. The van der Waals surface area contributed by atoms with Gasteiger partial charge in [0.05, 0.1) is 11.1 Å². The molecule has 0 aliphatic heterocycles. The predicted octanol–water partition coefficient (Wildman–Crippen LogP) is 5.85. The van der Waals surface area contributed by atoms with Gasteiger partial charge >= 0.3 is 12.4 Å². The third-order valence-corrected chi connectivity index (χ3v) is 4.58. The van der Waals surface area contributed by atoms with E-state index in [1.165, 1.54) is 39.8 Å². The highest BCUT2D eigenvalue weighted by molar-refractivity contribution is 5.60. The summed E-state index contributed by atoms with van der Waals surface area (Å²) in [4.78, 5) is 0. The van der Waals surface area contributed by atoms with Crippen molar-refractivity contribution in [3.8, 4) is 22.6 Å². The molecule has 0 saturated heterocycles. The second-order valence-corrected chi connectivity index (χ2v) is 6.72. The van der Waals surface area contributed by atoms with Crippen molar-refractivity contribution in [1.29, 1.82) is 0 Å². The van der Waals surface area contributed by atoms with E-state index in [2.05, 4.69) is 5.21 Å². The maximum absolute atomic E-state index is 13.2. The van der Waals surface area contributed by atoms with Gasteiger partial charge in [-0.1, -0.05) is 47.1 Å². The van der Waals surface area contributed by atoms with E-state index in [0.29, 0.717) is 11.3 Å². The molecule has 1 heterocycles. The largest absolute Gasteiger partial charge is 0.416 e. The number of aromatic nitrogens is 3. The Morgan fingerprint density at radius 1 is 0.677 bits per heavy atom. The molecule has 4 aromatic rings. The zero-order valence-electron chi connectivity index (χ0n) is 15.7. The first-order chi connectivity index (χ1) is 14.6. The Kier molecular flexibility index (Phi) is 5.04. The molecule has 31 heavy (non-hydrogen) atoms. The van der Waals surface area contributed by atoms with Crippen LogP contribution in [-0.2, 0) is 12.4 Å². The standard InChI is InChI=1S/C22H14F6N3/c23-21(24,25)16-8-4-10-18(12-16)30-14-20(15-6-2-1-3-7-15)31(29-30)19-11-5-9-17(13-19)22(26,27)28/h1-14H/q+1. The zero-order valence-corrected chi connectivity index (χ0v) is 15.7. The third-order valence-electron chi connectivity index (χ3n) is 4.58. The average Bonchev–Trinajstić information content (AvgIpc) is 3.19. The Labute approximate surface area is 172 Å². The second-order valence-electron chi connectivity index (χ2n) is 6.72. The second kappa shape index (κ2) is 7.57. The normalized spacial score (nSPS) is 12.2. The molecular formula is C22H14F6N3+. The molecule has 0 unspecified atom stereocenters. The Bertz CT molecular complexity index is 1210. The summed E-state index contributed by atoms with van der Waals surface area (Å²) in [6.07, 6.45) is -7.61. The molecule has 0 N–H and O–H groups in total. The first-order valence-electron chi connectivity index (χ1n) is 9.06. The van der Waals surface area contributed by atoms with E-state index in [-0.39, 0.29) is 11.4 Å². The quantitative estimate of drug-likeness (QED) is 0.293. The van der Waals surface area contributed by atoms with Crippen LogP contribution in [0.25, 0.3) is 22.6 Å². The first kappa shape index (κ1) is 20.6. The predicted molar refractivity (Wildman–Crippen MR) is 101 cm³/mol. The number of hydrogen-bond acceptors (Lipinski definition) is 1. The maximum atomic E-state index is 13.2. The summed E-state index contributed by atoms with van der Waals surface area (Å²) in [5.41, 5.74) is -0.412. The Hall–Kier alpha value is -3.62. The highest BCUT2D eigenvalue weighted by Gasteiger charge is 2.33. The molecule has 0 radical (unpaired) electrons. The molecule has 0 atom stereocenters. The molecule has 0 amide bonds. The molecule has 0 aliphatic rings. The van der Waals surface area contributed by atoms with Crippen molar-refractivity contribution < 1.29 is 31.0 Å². The van der Waals surface area contributed by atoms with Gasteiger partial charge in [0, 0.05) is 5.56 Å². The fourth-order valence-corrected chi connectivity index (χ4v) is 3.10. The van der Waals surface area contributed by atoms with Crippen LogP contribution in [0.2, 0.25) is 0 Å². The summed E-state index contributed by atoms with van der Waals surface area (Å²) in [5, 5.41) is 4.27. The zero-order chi connectivity index (χ0) is 22.2. The molecule has 0 fully saturated rings. The smallest absolute Gasteiger partial charge is 0.166 e. The van der Waals surface area contributed by atoms with Crippen LogP contribution in [0.3, 0.4) is 0 Å². The summed E-state index contributed by atoms with van der Waals surface area (Å²) in [5.74, 6) is 0. The minimum Gasteiger partial charge on any atom is -0.166 e. The molecule has 0 saturated carbocycles.